The lowest BCUT2D eigenvalue weighted by Crippen LogP contribution is -2.58. The summed E-state index contributed by atoms with van der Waals surface area (Å²) >= 11 is 0. The quantitative estimate of drug-likeness (QED) is 0.577. The second-order valence-corrected chi connectivity index (χ2v) is 8.69. The zero-order chi connectivity index (χ0) is 19.3. The van der Waals surface area contributed by atoms with E-state index in [1.807, 2.05) is 48.5 Å². The van der Waals surface area contributed by atoms with Crippen LogP contribution in [-0.4, -0.2) is 42.2 Å². The van der Waals surface area contributed by atoms with E-state index < -0.39 is 5.92 Å². The van der Waals surface area contributed by atoms with Crippen LogP contribution in [0.3, 0.4) is 0 Å². The van der Waals surface area contributed by atoms with Crippen LogP contribution in [0.1, 0.15) is 49.7 Å². The van der Waals surface area contributed by atoms with E-state index in [-0.39, 0.29) is 12.1 Å². The monoisotopic (exact) mass is 378 g/mol. The van der Waals surface area contributed by atoms with Crippen LogP contribution in [0.4, 0.5) is 0 Å². The minimum Gasteiger partial charge on any atom is -0.461 e. The van der Waals surface area contributed by atoms with Gasteiger partial charge >= 0.3 is 5.97 Å². The zero-order valence-electron chi connectivity index (χ0n) is 16.6. The van der Waals surface area contributed by atoms with Crippen LogP contribution in [0.2, 0.25) is 0 Å². The molecule has 4 nitrogen and oxygen atoms in total. The molecule has 28 heavy (non-hydrogen) atoms. The van der Waals surface area contributed by atoms with Gasteiger partial charge in [-0.25, -0.2) is 0 Å². The molecule has 0 saturated carbocycles. The van der Waals surface area contributed by atoms with Gasteiger partial charge in [0.15, 0.2) is 0 Å². The lowest BCUT2D eigenvalue weighted by Gasteiger charge is -2.46. The van der Waals surface area contributed by atoms with Crippen LogP contribution in [0, 0.1) is 0 Å². The number of ether oxygens (including phenoxy) is 2. The summed E-state index contributed by atoms with van der Waals surface area (Å²) in [5.74, 6) is 0.956. The number of nitrogens with zero attached hydrogens (tertiary/aromatic N) is 1. The molecule has 0 aromatic heterocycles. The van der Waals surface area contributed by atoms with Crippen molar-refractivity contribution in [3.8, 4) is 11.5 Å². The summed E-state index contributed by atoms with van der Waals surface area (Å²) in [5, 5.41) is 0. The highest BCUT2D eigenvalue weighted by atomic mass is 16.5. The number of carbonyl (C=O) groups excluding carboxylic acids is 1. The van der Waals surface area contributed by atoms with Crippen molar-refractivity contribution in [3.05, 3.63) is 59.7 Å². The van der Waals surface area contributed by atoms with Gasteiger partial charge < -0.3 is 14.0 Å². The Balaban J connectivity index is 1.41. The molecule has 0 radical (unpaired) electrons. The van der Waals surface area contributed by atoms with E-state index in [9.17, 15) is 4.79 Å². The van der Waals surface area contributed by atoms with Crippen molar-refractivity contribution >= 4 is 5.97 Å². The molecule has 2 bridgehead atoms. The summed E-state index contributed by atoms with van der Waals surface area (Å²) in [6, 6.07) is 16.9. The topological polar surface area (TPSA) is 35.5 Å². The lowest BCUT2D eigenvalue weighted by atomic mass is 9.88. The van der Waals surface area contributed by atoms with E-state index in [0.717, 1.165) is 46.5 Å². The van der Waals surface area contributed by atoms with Crippen molar-refractivity contribution in [2.24, 2.45) is 0 Å². The minimum absolute atomic E-state index is 0.0323. The van der Waals surface area contributed by atoms with Gasteiger partial charge in [-0.1, -0.05) is 36.4 Å². The molecule has 0 N–H and O–H groups in total. The first-order valence-electron chi connectivity index (χ1n) is 10.5. The number of para-hydroxylation sites is 2. The van der Waals surface area contributed by atoms with E-state index in [0.29, 0.717) is 12.1 Å². The number of hydrogen-bond acceptors (Lipinski definition) is 3. The zero-order valence-corrected chi connectivity index (χ0v) is 16.6. The highest BCUT2D eigenvalue weighted by Gasteiger charge is 2.51. The number of esters is 1. The first-order chi connectivity index (χ1) is 13.6. The Kier molecular flexibility index (Phi) is 4.20. The van der Waals surface area contributed by atoms with E-state index in [4.69, 9.17) is 9.47 Å². The van der Waals surface area contributed by atoms with Gasteiger partial charge in [-0.2, -0.15) is 0 Å². The summed E-state index contributed by atoms with van der Waals surface area (Å²) in [7, 11) is 2.38. The van der Waals surface area contributed by atoms with Crippen LogP contribution < -0.4 is 4.74 Å². The third-order valence-electron chi connectivity index (χ3n) is 7.45. The molecule has 2 saturated heterocycles. The number of piperidine rings is 1. The average Bonchev–Trinajstić information content (AvgIpc) is 2.88. The molecule has 2 unspecified atom stereocenters. The molecule has 2 atom stereocenters. The van der Waals surface area contributed by atoms with Crippen LogP contribution in [0.15, 0.2) is 48.5 Å². The number of carbonyl (C=O) groups is 1. The molecule has 0 aliphatic carbocycles. The minimum atomic E-state index is -0.409. The highest BCUT2D eigenvalue weighted by molar-refractivity contribution is 5.85. The maximum atomic E-state index is 13.4. The summed E-state index contributed by atoms with van der Waals surface area (Å²) in [5.41, 5.74) is 1.80. The number of benzene rings is 2. The van der Waals surface area contributed by atoms with Crippen LogP contribution in [0.25, 0.3) is 0 Å². The van der Waals surface area contributed by atoms with Gasteiger partial charge in [-0.3, -0.25) is 4.79 Å². The Morgan fingerprint density at radius 2 is 1.54 bits per heavy atom. The first-order valence-corrected chi connectivity index (χ1v) is 10.5. The second-order valence-electron chi connectivity index (χ2n) is 8.69. The molecule has 2 aromatic rings. The molecule has 2 fully saturated rings. The largest absolute Gasteiger partial charge is 0.461 e. The molecule has 3 aliphatic rings. The molecule has 5 rings (SSSR count). The third kappa shape index (κ3) is 2.66. The van der Waals surface area contributed by atoms with Gasteiger partial charge in [0.2, 0.25) is 0 Å². The Labute approximate surface area is 166 Å². The predicted molar refractivity (Wildman–Crippen MR) is 107 cm³/mol. The Morgan fingerprint density at radius 3 is 2.07 bits per heavy atom. The van der Waals surface area contributed by atoms with Crippen molar-refractivity contribution in [2.75, 3.05) is 13.6 Å². The Hall–Kier alpha value is -2.33. The summed E-state index contributed by atoms with van der Waals surface area (Å²) in [4.78, 5) is 13.4. The van der Waals surface area contributed by atoms with Crippen molar-refractivity contribution in [3.63, 3.8) is 0 Å². The van der Waals surface area contributed by atoms with E-state index in [1.165, 1.54) is 12.8 Å². The number of fused-ring (bicyclic) bond motifs is 4. The van der Waals surface area contributed by atoms with Crippen molar-refractivity contribution in [2.45, 2.75) is 56.7 Å². The molecular weight excluding hydrogens is 350 g/mol. The fraction of sp³-hybridized carbons (Fsp3) is 0.458. The normalized spacial score (nSPS) is 30.9. The van der Waals surface area contributed by atoms with Gasteiger partial charge in [-0.15, -0.1) is 0 Å². The van der Waals surface area contributed by atoms with Gasteiger partial charge in [0.05, 0.1) is 25.7 Å². The lowest BCUT2D eigenvalue weighted by molar-refractivity contribution is -0.947. The molecule has 3 aliphatic heterocycles. The Bertz CT molecular complexity index is 849. The fourth-order valence-electron chi connectivity index (χ4n) is 5.70. The van der Waals surface area contributed by atoms with Crippen molar-refractivity contribution in [1.29, 1.82) is 0 Å². The number of rotatable bonds is 3. The standard InChI is InChI=1S/C24H28NO3/c1-3-25(2)16-12-13-17(25)15-18(14-16)27-24(26)23-19-8-4-6-10-21(19)28-22-11-7-5-9-20(22)23/h4-11,16-18,23H,3,12-15H2,1-2H3/q+1. The molecule has 2 aromatic carbocycles. The predicted octanol–water partition coefficient (Wildman–Crippen LogP) is 4.63. The second kappa shape index (κ2) is 6.63. The molecule has 4 heteroatoms. The van der Waals surface area contributed by atoms with Gasteiger partial charge in [0, 0.05) is 36.8 Å². The highest BCUT2D eigenvalue weighted by Crippen LogP contribution is 2.46. The average molecular weight is 378 g/mol. The molecule has 0 spiro atoms. The van der Waals surface area contributed by atoms with Gasteiger partial charge in [-0.05, 0) is 19.1 Å². The molecule has 3 heterocycles. The Morgan fingerprint density at radius 1 is 1.00 bits per heavy atom. The summed E-state index contributed by atoms with van der Waals surface area (Å²) in [6.07, 6.45) is 4.51. The van der Waals surface area contributed by atoms with E-state index in [1.54, 1.807) is 0 Å². The maximum absolute atomic E-state index is 13.4. The summed E-state index contributed by atoms with van der Waals surface area (Å²) < 4.78 is 13.3. The van der Waals surface area contributed by atoms with Crippen LogP contribution in [0.5, 0.6) is 11.5 Å². The maximum Gasteiger partial charge on any atom is 0.318 e. The summed E-state index contributed by atoms with van der Waals surface area (Å²) in [6.45, 7) is 3.45. The number of hydrogen-bond donors (Lipinski definition) is 0. The number of quaternary nitrogens is 1. The van der Waals surface area contributed by atoms with Crippen LogP contribution in [-0.2, 0) is 9.53 Å². The smallest absolute Gasteiger partial charge is 0.318 e. The molecule has 146 valence electrons. The fourth-order valence-corrected chi connectivity index (χ4v) is 5.70. The van der Waals surface area contributed by atoms with Gasteiger partial charge in [0.25, 0.3) is 0 Å². The SMILES string of the molecule is CC[N+]1(C)C2CCC1CC(OC(=O)C1c3ccccc3Oc3ccccc31)C2. The first kappa shape index (κ1) is 17.7. The van der Waals surface area contributed by atoms with Crippen molar-refractivity contribution in [1.82, 2.24) is 0 Å². The van der Waals surface area contributed by atoms with Crippen molar-refractivity contribution < 1.29 is 18.8 Å². The molecule has 0 amide bonds. The molecular formula is C24H28NO3+. The van der Waals surface area contributed by atoms with E-state index in [2.05, 4.69) is 14.0 Å². The van der Waals surface area contributed by atoms with E-state index >= 15 is 0 Å². The third-order valence-corrected chi connectivity index (χ3v) is 7.45. The van der Waals surface area contributed by atoms with Gasteiger partial charge in [0.1, 0.15) is 23.5 Å². The van der Waals surface area contributed by atoms with Crippen LogP contribution >= 0.6 is 0 Å².